The summed E-state index contributed by atoms with van der Waals surface area (Å²) in [7, 11) is 0. The molecule has 0 radical (unpaired) electrons. The average Bonchev–Trinajstić information content (AvgIpc) is 2.80. The van der Waals surface area contributed by atoms with Crippen LogP contribution in [0.2, 0.25) is 0 Å². The van der Waals surface area contributed by atoms with E-state index in [9.17, 15) is 4.79 Å². The molecule has 1 aromatic heterocycles. The van der Waals surface area contributed by atoms with Gasteiger partial charge in [-0.05, 0) is 33.7 Å². The van der Waals surface area contributed by atoms with Gasteiger partial charge in [-0.2, -0.15) is 0 Å². The van der Waals surface area contributed by atoms with Crippen LogP contribution in [0.3, 0.4) is 0 Å². The highest BCUT2D eigenvalue weighted by molar-refractivity contribution is 5.68. The van der Waals surface area contributed by atoms with E-state index >= 15 is 0 Å². The van der Waals surface area contributed by atoms with Gasteiger partial charge in [-0.15, -0.1) is 0 Å². The molecule has 0 spiro atoms. The van der Waals surface area contributed by atoms with Gasteiger partial charge in [-0.3, -0.25) is 0 Å². The Bertz CT molecular complexity index is 491. The largest absolute Gasteiger partial charge is 0.444 e. The van der Waals surface area contributed by atoms with Crippen LogP contribution in [0.25, 0.3) is 0 Å². The Kier molecular flexibility index (Phi) is 4.88. The molecule has 0 unspecified atom stereocenters. The Morgan fingerprint density at radius 2 is 2.24 bits per heavy atom. The number of carbonyl (C=O) groups excluding carboxylic acids is 1. The number of amides is 1. The SMILES string of the molecule is CCCNCc1noc2c1CN(C(=O)OC(C)(C)C)CC2. The van der Waals surface area contributed by atoms with Gasteiger partial charge in [0, 0.05) is 25.1 Å². The fourth-order valence-corrected chi connectivity index (χ4v) is 2.27. The van der Waals surface area contributed by atoms with Crippen molar-refractivity contribution in [1.82, 2.24) is 15.4 Å². The van der Waals surface area contributed by atoms with Crippen LogP contribution in [-0.4, -0.2) is 34.8 Å². The molecule has 21 heavy (non-hydrogen) atoms. The van der Waals surface area contributed by atoms with E-state index in [4.69, 9.17) is 9.26 Å². The molecule has 1 aromatic rings. The fraction of sp³-hybridized carbons (Fsp3) is 0.733. The molecule has 0 aromatic carbocycles. The molecule has 1 amide bonds. The lowest BCUT2D eigenvalue weighted by Crippen LogP contribution is -2.40. The van der Waals surface area contributed by atoms with E-state index in [1.165, 1.54) is 0 Å². The second kappa shape index (κ2) is 6.47. The first-order valence-corrected chi connectivity index (χ1v) is 7.55. The number of carbonyl (C=O) groups is 1. The Balaban J connectivity index is 2.01. The topological polar surface area (TPSA) is 67.6 Å². The van der Waals surface area contributed by atoms with Crippen LogP contribution in [0.4, 0.5) is 4.79 Å². The molecule has 0 atom stereocenters. The van der Waals surface area contributed by atoms with Crippen LogP contribution in [0.15, 0.2) is 4.52 Å². The van der Waals surface area contributed by atoms with Crippen molar-refractivity contribution in [3.8, 4) is 0 Å². The maximum absolute atomic E-state index is 12.2. The maximum atomic E-state index is 12.2. The minimum absolute atomic E-state index is 0.276. The summed E-state index contributed by atoms with van der Waals surface area (Å²) < 4.78 is 10.8. The first kappa shape index (κ1) is 15.8. The van der Waals surface area contributed by atoms with Crippen molar-refractivity contribution >= 4 is 6.09 Å². The van der Waals surface area contributed by atoms with Gasteiger partial charge in [0.05, 0.1) is 6.54 Å². The second-order valence-electron chi connectivity index (χ2n) is 6.36. The van der Waals surface area contributed by atoms with Crippen LogP contribution in [-0.2, 0) is 24.2 Å². The molecule has 1 aliphatic heterocycles. The Morgan fingerprint density at radius 1 is 1.48 bits per heavy atom. The molecule has 0 bridgehead atoms. The van der Waals surface area contributed by atoms with Crippen molar-refractivity contribution in [3.05, 3.63) is 17.0 Å². The van der Waals surface area contributed by atoms with Crippen LogP contribution in [0.1, 0.15) is 51.1 Å². The number of hydrogen-bond donors (Lipinski definition) is 1. The normalized spacial score (nSPS) is 15.0. The molecule has 0 aliphatic carbocycles. The fourth-order valence-electron chi connectivity index (χ4n) is 2.27. The molecule has 0 fully saturated rings. The van der Waals surface area contributed by atoms with Gasteiger partial charge in [0.25, 0.3) is 0 Å². The third kappa shape index (κ3) is 4.20. The van der Waals surface area contributed by atoms with E-state index in [1.807, 2.05) is 20.8 Å². The van der Waals surface area contributed by atoms with Crippen molar-refractivity contribution in [2.75, 3.05) is 13.1 Å². The zero-order chi connectivity index (χ0) is 15.5. The highest BCUT2D eigenvalue weighted by Gasteiger charge is 2.29. The van der Waals surface area contributed by atoms with Crippen molar-refractivity contribution in [2.45, 2.75) is 59.2 Å². The predicted octanol–water partition coefficient (Wildman–Crippen LogP) is 2.47. The Morgan fingerprint density at radius 3 is 2.90 bits per heavy atom. The Hall–Kier alpha value is -1.56. The minimum Gasteiger partial charge on any atom is -0.444 e. The lowest BCUT2D eigenvalue weighted by Gasteiger charge is -2.29. The van der Waals surface area contributed by atoms with Gasteiger partial charge in [0.1, 0.15) is 17.1 Å². The second-order valence-corrected chi connectivity index (χ2v) is 6.36. The highest BCUT2D eigenvalue weighted by atomic mass is 16.6. The van der Waals surface area contributed by atoms with E-state index in [-0.39, 0.29) is 6.09 Å². The smallest absolute Gasteiger partial charge is 0.410 e. The van der Waals surface area contributed by atoms with E-state index in [2.05, 4.69) is 17.4 Å². The van der Waals surface area contributed by atoms with Crippen molar-refractivity contribution < 1.29 is 14.1 Å². The molecule has 1 N–H and O–H groups in total. The molecule has 6 heteroatoms. The number of hydrogen-bond acceptors (Lipinski definition) is 5. The van der Waals surface area contributed by atoms with Crippen LogP contribution < -0.4 is 5.32 Å². The number of rotatable bonds is 4. The number of nitrogens with zero attached hydrogens (tertiary/aromatic N) is 2. The highest BCUT2D eigenvalue weighted by Crippen LogP contribution is 2.23. The number of nitrogens with one attached hydrogen (secondary N) is 1. The van der Waals surface area contributed by atoms with E-state index in [1.54, 1.807) is 4.90 Å². The molecule has 118 valence electrons. The van der Waals surface area contributed by atoms with Gasteiger partial charge in [0.2, 0.25) is 0 Å². The van der Waals surface area contributed by atoms with Crippen LogP contribution in [0, 0.1) is 0 Å². The summed E-state index contributed by atoms with van der Waals surface area (Å²) in [6.07, 6.45) is 1.49. The summed E-state index contributed by atoms with van der Waals surface area (Å²) in [6.45, 7) is 10.5. The van der Waals surface area contributed by atoms with E-state index < -0.39 is 5.60 Å². The van der Waals surface area contributed by atoms with Gasteiger partial charge >= 0.3 is 6.09 Å². The predicted molar refractivity (Wildman–Crippen MR) is 78.8 cm³/mol. The van der Waals surface area contributed by atoms with E-state index in [0.717, 1.165) is 30.0 Å². The van der Waals surface area contributed by atoms with Crippen LogP contribution >= 0.6 is 0 Å². The molecule has 6 nitrogen and oxygen atoms in total. The molecular formula is C15H25N3O3. The Labute approximate surface area is 125 Å². The average molecular weight is 295 g/mol. The van der Waals surface area contributed by atoms with Gasteiger partial charge in [0.15, 0.2) is 0 Å². The summed E-state index contributed by atoms with van der Waals surface area (Å²) in [5, 5.41) is 7.43. The standard InChI is InChI=1S/C15H25N3O3/c1-5-7-16-9-12-11-10-18(8-6-13(11)21-17-12)14(19)20-15(2,3)4/h16H,5-10H2,1-4H3. The first-order valence-electron chi connectivity index (χ1n) is 7.55. The summed E-state index contributed by atoms with van der Waals surface area (Å²) in [5.41, 5.74) is 1.44. The van der Waals surface area contributed by atoms with Gasteiger partial charge in [-0.1, -0.05) is 12.1 Å². The molecular weight excluding hydrogens is 270 g/mol. The minimum atomic E-state index is -0.475. The zero-order valence-electron chi connectivity index (χ0n) is 13.4. The third-order valence-corrected chi connectivity index (χ3v) is 3.28. The monoisotopic (exact) mass is 295 g/mol. The van der Waals surface area contributed by atoms with E-state index in [0.29, 0.717) is 26.1 Å². The summed E-state index contributed by atoms with van der Waals surface area (Å²) >= 11 is 0. The summed E-state index contributed by atoms with van der Waals surface area (Å²) in [4.78, 5) is 13.9. The third-order valence-electron chi connectivity index (χ3n) is 3.28. The van der Waals surface area contributed by atoms with Crippen molar-refractivity contribution in [2.24, 2.45) is 0 Å². The lowest BCUT2D eigenvalue weighted by atomic mass is 10.1. The van der Waals surface area contributed by atoms with Crippen molar-refractivity contribution in [3.63, 3.8) is 0 Å². The quantitative estimate of drug-likeness (QED) is 0.864. The number of ether oxygens (including phenoxy) is 1. The van der Waals surface area contributed by atoms with Crippen LogP contribution in [0.5, 0.6) is 0 Å². The maximum Gasteiger partial charge on any atom is 0.410 e. The molecule has 0 saturated heterocycles. The first-order chi connectivity index (χ1) is 9.90. The molecule has 0 saturated carbocycles. The molecule has 1 aliphatic rings. The molecule has 2 heterocycles. The number of aromatic nitrogens is 1. The zero-order valence-corrected chi connectivity index (χ0v) is 13.4. The summed E-state index contributed by atoms with van der Waals surface area (Å²) in [5.74, 6) is 0.892. The number of fused-ring (bicyclic) bond motifs is 1. The lowest BCUT2D eigenvalue weighted by molar-refractivity contribution is 0.0218. The van der Waals surface area contributed by atoms with Gasteiger partial charge < -0.3 is 19.5 Å². The molecule has 2 rings (SSSR count). The summed E-state index contributed by atoms with van der Waals surface area (Å²) in [6, 6.07) is 0. The van der Waals surface area contributed by atoms with Crippen molar-refractivity contribution in [1.29, 1.82) is 0 Å². The van der Waals surface area contributed by atoms with Gasteiger partial charge in [-0.25, -0.2) is 4.79 Å².